The first kappa shape index (κ1) is 17.8. The van der Waals surface area contributed by atoms with Crippen molar-refractivity contribution in [1.29, 1.82) is 0 Å². The lowest BCUT2D eigenvalue weighted by atomic mass is 10.2. The Morgan fingerprint density at radius 1 is 1.48 bits per heavy atom. The van der Waals surface area contributed by atoms with Crippen LogP contribution in [0.25, 0.3) is 0 Å². The predicted molar refractivity (Wildman–Crippen MR) is 87.4 cm³/mol. The second kappa shape index (κ2) is 7.36. The molecule has 0 spiro atoms. The molecule has 23 heavy (non-hydrogen) atoms. The quantitative estimate of drug-likeness (QED) is 0.922. The molecule has 1 N–H and O–H groups in total. The van der Waals surface area contributed by atoms with Crippen molar-refractivity contribution < 1.29 is 18.7 Å². The van der Waals surface area contributed by atoms with Gasteiger partial charge in [0.2, 0.25) is 0 Å². The Morgan fingerprint density at radius 2 is 2.22 bits per heavy atom. The Hall–Kier alpha value is -1.53. The number of hydrogen-bond donors (Lipinski definition) is 1. The van der Waals surface area contributed by atoms with E-state index in [1.165, 1.54) is 0 Å². The van der Waals surface area contributed by atoms with E-state index in [2.05, 4.69) is 5.32 Å². The third-order valence-electron chi connectivity index (χ3n) is 3.70. The Morgan fingerprint density at radius 3 is 2.83 bits per heavy atom. The first-order chi connectivity index (χ1) is 10.8. The Balaban J connectivity index is 1.92. The van der Waals surface area contributed by atoms with E-state index in [9.17, 15) is 4.79 Å². The summed E-state index contributed by atoms with van der Waals surface area (Å²) in [6.07, 6.45) is -0.283. The number of furan rings is 1. The van der Waals surface area contributed by atoms with Gasteiger partial charge in [0.1, 0.15) is 17.1 Å². The van der Waals surface area contributed by atoms with E-state index >= 15 is 0 Å². The number of carbonyl (C=O) groups excluding carboxylic acids is 1. The van der Waals surface area contributed by atoms with Crippen LogP contribution in [0.1, 0.15) is 45.3 Å². The van der Waals surface area contributed by atoms with Gasteiger partial charge in [0.05, 0.1) is 25.3 Å². The van der Waals surface area contributed by atoms with Crippen LogP contribution in [0.4, 0.5) is 4.79 Å². The number of hydrogen-bond acceptors (Lipinski definition) is 5. The van der Waals surface area contributed by atoms with Gasteiger partial charge in [-0.15, -0.1) is 0 Å². The summed E-state index contributed by atoms with van der Waals surface area (Å²) in [6.45, 7) is 11.8. The summed E-state index contributed by atoms with van der Waals surface area (Å²) in [5.41, 5.74) is -0.494. The molecule has 6 heteroatoms. The van der Waals surface area contributed by atoms with E-state index in [1.807, 2.05) is 46.8 Å². The Kier molecular flexibility index (Phi) is 5.70. The largest absolute Gasteiger partial charge is 0.465 e. The summed E-state index contributed by atoms with van der Waals surface area (Å²) in [4.78, 5) is 14.1. The lowest BCUT2D eigenvalue weighted by Gasteiger charge is -2.37. The molecule has 2 unspecified atom stereocenters. The molecule has 1 saturated heterocycles. The zero-order valence-electron chi connectivity index (χ0n) is 14.7. The SMILES string of the molecule is Cc1ccc(C(C)NCC2COCCN2C(=O)OC(C)(C)C)o1. The van der Waals surface area contributed by atoms with Crippen molar-refractivity contribution in [1.82, 2.24) is 10.2 Å². The number of amides is 1. The van der Waals surface area contributed by atoms with Crippen LogP contribution in [0.15, 0.2) is 16.5 Å². The topological polar surface area (TPSA) is 63.9 Å². The third kappa shape index (κ3) is 5.25. The zero-order chi connectivity index (χ0) is 17.0. The van der Waals surface area contributed by atoms with Crippen LogP contribution in [0.3, 0.4) is 0 Å². The molecule has 1 aromatic heterocycles. The van der Waals surface area contributed by atoms with E-state index < -0.39 is 5.60 Å². The maximum Gasteiger partial charge on any atom is 0.410 e. The number of ether oxygens (including phenoxy) is 2. The lowest BCUT2D eigenvalue weighted by Crippen LogP contribution is -2.54. The molecule has 0 saturated carbocycles. The molecule has 0 radical (unpaired) electrons. The van der Waals surface area contributed by atoms with Crippen LogP contribution in [0.5, 0.6) is 0 Å². The second-order valence-electron chi connectivity index (χ2n) is 6.98. The van der Waals surface area contributed by atoms with E-state index in [0.29, 0.717) is 26.3 Å². The molecule has 0 bridgehead atoms. The average molecular weight is 324 g/mol. The van der Waals surface area contributed by atoms with Crippen molar-refractivity contribution >= 4 is 6.09 Å². The van der Waals surface area contributed by atoms with Crippen LogP contribution in [0.2, 0.25) is 0 Å². The molecule has 1 amide bonds. The molecule has 1 aliphatic heterocycles. The molecule has 6 nitrogen and oxygen atoms in total. The van der Waals surface area contributed by atoms with E-state index in [4.69, 9.17) is 13.9 Å². The summed E-state index contributed by atoms with van der Waals surface area (Å²) in [5.74, 6) is 1.79. The van der Waals surface area contributed by atoms with E-state index in [1.54, 1.807) is 4.90 Å². The first-order valence-electron chi connectivity index (χ1n) is 8.13. The number of carbonyl (C=O) groups is 1. The monoisotopic (exact) mass is 324 g/mol. The summed E-state index contributed by atoms with van der Waals surface area (Å²) in [7, 11) is 0. The van der Waals surface area contributed by atoms with Gasteiger partial charge in [-0.25, -0.2) is 4.79 Å². The molecule has 130 valence electrons. The molecule has 2 rings (SSSR count). The number of aryl methyl sites for hydroxylation is 1. The predicted octanol–water partition coefficient (Wildman–Crippen LogP) is 2.87. The summed E-state index contributed by atoms with van der Waals surface area (Å²) >= 11 is 0. The van der Waals surface area contributed by atoms with E-state index in [0.717, 1.165) is 11.5 Å². The Bertz CT molecular complexity index is 521. The second-order valence-corrected chi connectivity index (χ2v) is 6.98. The van der Waals surface area contributed by atoms with Gasteiger partial charge < -0.3 is 19.2 Å². The average Bonchev–Trinajstić information content (AvgIpc) is 2.90. The van der Waals surface area contributed by atoms with Gasteiger partial charge in [-0.2, -0.15) is 0 Å². The first-order valence-corrected chi connectivity index (χ1v) is 8.13. The highest BCUT2D eigenvalue weighted by Crippen LogP contribution is 2.17. The fourth-order valence-electron chi connectivity index (χ4n) is 2.48. The highest BCUT2D eigenvalue weighted by Gasteiger charge is 2.31. The maximum absolute atomic E-state index is 12.3. The number of nitrogens with zero attached hydrogens (tertiary/aromatic N) is 1. The van der Waals surface area contributed by atoms with Gasteiger partial charge in [-0.1, -0.05) is 0 Å². The smallest absolute Gasteiger partial charge is 0.410 e. The molecular weight excluding hydrogens is 296 g/mol. The van der Waals surface area contributed by atoms with Gasteiger partial charge in [0.15, 0.2) is 0 Å². The fourth-order valence-corrected chi connectivity index (χ4v) is 2.48. The third-order valence-corrected chi connectivity index (χ3v) is 3.70. The molecule has 0 aliphatic carbocycles. The summed E-state index contributed by atoms with van der Waals surface area (Å²) < 4.78 is 16.6. The molecule has 2 atom stereocenters. The fraction of sp³-hybridized carbons (Fsp3) is 0.706. The zero-order valence-corrected chi connectivity index (χ0v) is 14.7. The van der Waals surface area contributed by atoms with Crippen molar-refractivity contribution in [3.05, 3.63) is 23.7 Å². The maximum atomic E-state index is 12.3. The number of nitrogens with one attached hydrogen (secondary N) is 1. The van der Waals surface area contributed by atoms with Crippen molar-refractivity contribution in [2.24, 2.45) is 0 Å². The number of rotatable bonds is 4. The van der Waals surface area contributed by atoms with Gasteiger partial charge in [0.25, 0.3) is 0 Å². The van der Waals surface area contributed by atoms with Crippen LogP contribution in [-0.2, 0) is 9.47 Å². The van der Waals surface area contributed by atoms with Gasteiger partial charge >= 0.3 is 6.09 Å². The Labute approximate surface area is 138 Å². The van der Waals surface area contributed by atoms with Gasteiger partial charge in [-0.05, 0) is 46.8 Å². The van der Waals surface area contributed by atoms with Crippen LogP contribution in [0, 0.1) is 6.92 Å². The normalized spacial score (nSPS) is 20.4. The van der Waals surface area contributed by atoms with Crippen LogP contribution in [-0.4, -0.2) is 48.9 Å². The molecule has 1 aliphatic rings. The molecule has 1 fully saturated rings. The summed E-state index contributed by atoms with van der Waals surface area (Å²) in [5, 5.41) is 3.41. The van der Waals surface area contributed by atoms with Crippen molar-refractivity contribution in [2.45, 2.75) is 52.3 Å². The molecule has 2 heterocycles. The minimum absolute atomic E-state index is 0.0443. The number of morpholine rings is 1. The standard InChI is InChI=1S/C17H28N2O4/c1-12-6-7-15(22-12)13(2)18-10-14-11-21-9-8-19(14)16(20)23-17(3,4)5/h6-7,13-14,18H,8-11H2,1-5H3. The van der Waals surface area contributed by atoms with Crippen molar-refractivity contribution in [2.75, 3.05) is 26.3 Å². The molecule has 1 aromatic rings. The lowest BCUT2D eigenvalue weighted by molar-refractivity contribution is -0.0322. The van der Waals surface area contributed by atoms with Crippen LogP contribution >= 0.6 is 0 Å². The highest BCUT2D eigenvalue weighted by molar-refractivity contribution is 5.68. The molecular formula is C17H28N2O4. The van der Waals surface area contributed by atoms with Crippen LogP contribution < -0.4 is 5.32 Å². The minimum atomic E-state index is -0.494. The summed E-state index contributed by atoms with van der Waals surface area (Å²) in [6, 6.07) is 3.95. The minimum Gasteiger partial charge on any atom is -0.465 e. The van der Waals surface area contributed by atoms with Crippen molar-refractivity contribution in [3.63, 3.8) is 0 Å². The van der Waals surface area contributed by atoms with Crippen molar-refractivity contribution in [3.8, 4) is 0 Å². The highest BCUT2D eigenvalue weighted by atomic mass is 16.6. The van der Waals surface area contributed by atoms with Gasteiger partial charge in [-0.3, -0.25) is 4.90 Å². The van der Waals surface area contributed by atoms with Gasteiger partial charge in [0, 0.05) is 13.1 Å². The van der Waals surface area contributed by atoms with E-state index in [-0.39, 0.29) is 18.2 Å². The molecule has 0 aromatic carbocycles.